The van der Waals surface area contributed by atoms with Gasteiger partial charge in [-0.25, -0.2) is 0 Å². The lowest BCUT2D eigenvalue weighted by Crippen LogP contribution is -2.35. The molecule has 1 amide bonds. The molecule has 0 saturated heterocycles. The maximum absolute atomic E-state index is 11.3. The van der Waals surface area contributed by atoms with Crippen molar-refractivity contribution in [3.63, 3.8) is 0 Å². The van der Waals surface area contributed by atoms with Crippen LogP contribution >= 0.6 is 0 Å². The van der Waals surface area contributed by atoms with Gasteiger partial charge in [0.1, 0.15) is 0 Å². The highest BCUT2D eigenvalue weighted by Crippen LogP contribution is 2.18. The second kappa shape index (κ2) is 7.69. The van der Waals surface area contributed by atoms with Crippen LogP contribution in [0.1, 0.15) is 51.9 Å². The van der Waals surface area contributed by atoms with Crippen molar-refractivity contribution in [1.82, 2.24) is 10.6 Å². The molecule has 0 unspecified atom stereocenters. The largest absolute Gasteiger partial charge is 0.352 e. The molecule has 0 heterocycles. The Morgan fingerprint density at radius 1 is 1.20 bits per heavy atom. The van der Waals surface area contributed by atoms with E-state index in [0.29, 0.717) is 12.6 Å². The van der Waals surface area contributed by atoms with Gasteiger partial charge in [0, 0.05) is 6.04 Å². The molecule has 0 spiro atoms. The fourth-order valence-electron chi connectivity index (χ4n) is 1.56. The van der Waals surface area contributed by atoms with Crippen LogP contribution in [0.5, 0.6) is 0 Å². The zero-order valence-corrected chi connectivity index (χ0v) is 9.85. The highest BCUT2D eigenvalue weighted by atomic mass is 16.2. The van der Waals surface area contributed by atoms with Crippen molar-refractivity contribution < 1.29 is 4.79 Å². The van der Waals surface area contributed by atoms with Gasteiger partial charge in [0.05, 0.1) is 6.54 Å². The second-order valence-electron chi connectivity index (χ2n) is 4.43. The summed E-state index contributed by atoms with van der Waals surface area (Å²) in [6.45, 7) is 3.69. The van der Waals surface area contributed by atoms with Gasteiger partial charge < -0.3 is 10.6 Å². The molecule has 15 heavy (non-hydrogen) atoms. The number of carbonyl (C=O) groups is 1. The van der Waals surface area contributed by atoms with E-state index >= 15 is 0 Å². The summed E-state index contributed by atoms with van der Waals surface area (Å²) in [4.78, 5) is 11.3. The van der Waals surface area contributed by atoms with Crippen LogP contribution in [0.4, 0.5) is 0 Å². The average molecular weight is 212 g/mol. The van der Waals surface area contributed by atoms with Crippen LogP contribution in [0.2, 0.25) is 0 Å². The number of hydrogen-bond acceptors (Lipinski definition) is 2. The Balaban J connectivity index is 1.77. The Kier molecular flexibility index (Phi) is 6.41. The summed E-state index contributed by atoms with van der Waals surface area (Å²) in [5.41, 5.74) is 0. The number of unbranched alkanes of at least 4 members (excludes halogenated alkanes) is 4. The summed E-state index contributed by atoms with van der Waals surface area (Å²) < 4.78 is 0. The predicted octanol–water partition coefficient (Wildman–Crippen LogP) is 1.82. The molecule has 0 aromatic rings. The summed E-state index contributed by atoms with van der Waals surface area (Å²) in [6.07, 6.45) is 8.76. The van der Waals surface area contributed by atoms with E-state index in [2.05, 4.69) is 17.6 Å². The van der Waals surface area contributed by atoms with Crippen molar-refractivity contribution in [3.8, 4) is 0 Å². The fraction of sp³-hybridized carbons (Fsp3) is 0.917. The third-order valence-electron chi connectivity index (χ3n) is 2.69. The first kappa shape index (κ1) is 12.5. The molecule has 1 rings (SSSR count). The van der Waals surface area contributed by atoms with E-state index in [1.165, 1.54) is 44.9 Å². The van der Waals surface area contributed by atoms with Gasteiger partial charge in [0.2, 0.25) is 5.91 Å². The van der Waals surface area contributed by atoms with Gasteiger partial charge in [0.15, 0.2) is 0 Å². The van der Waals surface area contributed by atoms with Crippen LogP contribution in [0.15, 0.2) is 0 Å². The molecule has 1 fully saturated rings. The predicted molar refractivity (Wildman–Crippen MR) is 62.8 cm³/mol. The molecule has 1 saturated carbocycles. The topological polar surface area (TPSA) is 41.1 Å². The highest BCUT2D eigenvalue weighted by Gasteiger charge is 2.22. The van der Waals surface area contributed by atoms with E-state index in [-0.39, 0.29) is 5.91 Å². The number of nitrogens with one attached hydrogen (secondary N) is 2. The number of amides is 1. The lowest BCUT2D eigenvalue weighted by atomic mass is 10.1. The van der Waals surface area contributed by atoms with Crippen molar-refractivity contribution in [3.05, 3.63) is 0 Å². The zero-order chi connectivity index (χ0) is 10.9. The quantitative estimate of drug-likeness (QED) is 0.572. The third-order valence-corrected chi connectivity index (χ3v) is 2.69. The van der Waals surface area contributed by atoms with Crippen LogP contribution in [-0.4, -0.2) is 25.0 Å². The van der Waals surface area contributed by atoms with Gasteiger partial charge in [-0.1, -0.05) is 32.6 Å². The molecule has 0 aliphatic heterocycles. The Labute approximate surface area is 93.0 Å². The van der Waals surface area contributed by atoms with Crippen LogP contribution in [0, 0.1) is 0 Å². The molecule has 0 bridgehead atoms. The summed E-state index contributed by atoms with van der Waals surface area (Å²) in [5, 5.41) is 6.15. The van der Waals surface area contributed by atoms with Gasteiger partial charge >= 0.3 is 0 Å². The Bertz CT molecular complexity index is 178. The van der Waals surface area contributed by atoms with Gasteiger partial charge in [0.25, 0.3) is 0 Å². The molecule has 3 nitrogen and oxygen atoms in total. The molecular formula is C12H24N2O. The first-order valence-electron chi connectivity index (χ1n) is 6.33. The molecule has 0 radical (unpaired) electrons. The minimum Gasteiger partial charge on any atom is -0.352 e. The molecular weight excluding hydrogens is 188 g/mol. The van der Waals surface area contributed by atoms with E-state index < -0.39 is 0 Å². The summed E-state index contributed by atoms with van der Waals surface area (Å²) in [5.74, 6) is 0.158. The van der Waals surface area contributed by atoms with E-state index in [0.717, 1.165) is 6.54 Å². The SMILES string of the molecule is CCCCCCCNCC(=O)NC1CC1. The molecule has 88 valence electrons. The minimum absolute atomic E-state index is 0.158. The molecule has 0 atom stereocenters. The number of hydrogen-bond donors (Lipinski definition) is 2. The standard InChI is InChI=1S/C12H24N2O/c1-2-3-4-5-6-9-13-10-12(15)14-11-7-8-11/h11,13H,2-10H2,1H3,(H,14,15). The average Bonchev–Trinajstić information content (AvgIpc) is 3.00. The number of carbonyl (C=O) groups excluding carboxylic acids is 1. The Morgan fingerprint density at radius 3 is 2.60 bits per heavy atom. The lowest BCUT2D eigenvalue weighted by Gasteiger charge is -2.05. The van der Waals surface area contributed by atoms with E-state index in [9.17, 15) is 4.79 Å². The van der Waals surface area contributed by atoms with Crippen LogP contribution in [0.25, 0.3) is 0 Å². The maximum Gasteiger partial charge on any atom is 0.234 e. The summed E-state index contributed by atoms with van der Waals surface area (Å²) in [7, 11) is 0. The minimum atomic E-state index is 0.158. The molecule has 3 heteroatoms. The van der Waals surface area contributed by atoms with Crippen LogP contribution in [-0.2, 0) is 4.79 Å². The second-order valence-corrected chi connectivity index (χ2v) is 4.43. The van der Waals surface area contributed by atoms with Crippen LogP contribution in [0.3, 0.4) is 0 Å². The van der Waals surface area contributed by atoms with E-state index in [4.69, 9.17) is 0 Å². The smallest absolute Gasteiger partial charge is 0.234 e. The third kappa shape index (κ3) is 7.37. The van der Waals surface area contributed by atoms with Gasteiger partial charge in [-0.3, -0.25) is 4.79 Å². The summed E-state index contributed by atoms with van der Waals surface area (Å²) in [6, 6.07) is 0.490. The highest BCUT2D eigenvalue weighted by molar-refractivity contribution is 5.78. The van der Waals surface area contributed by atoms with Gasteiger partial charge in [-0.15, -0.1) is 0 Å². The molecule has 1 aliphatic rings. The Morgan fingerprint density at radius 2 is 1.93 bits per heavy atom. The molecule has 2 N–H and O–H groups in total. The van der Waals surface area contributed by atoms with Crippen molar-refractivity contribution >= 4 is 5.91 Å². The van der Waals surface area contributed by atoms with Crippen molar-refractivity contribution in [2.45, 2.75) is 57.9 Å². The van der Waals surface area contributed by atoms with Crippen LogP contribution < -0.4 is 10.6 Å². The van der Waals surface area contributed by atoms with Crippen molar-refractivity contribution in [2.75, 3.05) is 13.1 Å². The fourth-order valence-corrected chi connectivity index (χ4v) is 1.56. The van der Waals surface area contributed by atoms with E-state index in [1.54, 1.807) is 0 Å². The zero-order valence-electron chi connectivity index (χ0n) is 9.85. The van der Waals surface area contributed by atoms with Gasteiger partial charge in [-0.05, 0) is 25.8 Å². The molecule has 1 aliphatic carbocycles. The van der Waals surface area contributed by atoms with Gasteiger partial charge in [-0.2, -0.15) is 0 Å². The number of rotatable bonds is 9. The molecule has 0 aromatic heterocycles. The van der Waals surface area contributed by atoms with Crippen molar-refractivity contribution in [2.24, 2.45) is 0 Å². The monoisotopic (exact) mass is 212 g/mol. The van der Waals surface area contributed by atoms with Crippen molar-refractivity contribution in [1.29, 1.82) is 0 Å². The maximum atomic E-state index is 11.3. The summed E-state index contributed by atoms with van der Waals surface area (Å²) >= 11 is 0. The van der Waals surface area contributed by atoms with E-state index in [1.807, 2.05) is 0 Å². The first-order chi connectivity index (χ1) is 7.33. The first-order valence-corrected chi connectivity index (χ1v) is 6.33. The normalized spacial score (nSPS) is 15.3. The Hall–Kier alpha value is -0.570. The lowest BCUT2D eigenvalue weighted by molar-refractivity contribution is -0.120. The molecule has 0 aromatic carbocycles.